The van der Waals surface area contributed by atoms with Crippen molar-refractivity contribution in [1.82, 2.24) is 14.9 Å². The number of imidazole rings is 1. The summed E-state index contributed by atoms with van der Waals surface area (Å²) < 4.78 is 2.00. The molecule has 1 amide bonds. The zero-order valence-corrected chi connectivity index (χ0v) is 17.4. The first-order valence-corrected chi connectivity index (χ1v) is 9.41. The van der Waals surface area contributed by atoms with Crippen LogP contribution in [0.5, 0.6) is 0 Å². The monoisotopic (exact) mass is 406 g/mol. The normalized spacial score (nSPS) is 10.9. The molecule has 5 nitrogen and oxygen atoms in total. The molecule has 1 aromatic carbocycles. The Balaban J connectivity index is 0.00000288. The highest BCUT2D eigenvalue weighted by molar-refractivity contribution is 7.97. The van der Waals surface area contributed by atoms with E-state index in [0.29, 0.717) is 6.54 Å². The lowest BCUT2D eigenvalue weighted by atomic mass is 9.94. The lowest BCUT2D eigenvalue weighted by Gasteiger charge is -2.26. The topological polar surface area (TPSA) is 72.9 Å². The van der Waals surface area contributed by atoms with Crippen molar-refractivity contribution in [3.8, 4) is 0 Å². The minimum absolute atomic E-state index is 0. The molecule has 142 valence electrons. The molecule has 2 aromatic rings. The summed E-state index contributed by atoms with van der Waals surface area (Å²) in [6, 6.07) is 7.92. The van der Waals surface area contributed by atoms with Gasteiger partial charge in [-0.15, -0.1) is 24.8 Å². The summed E-state index contributed by atoms with van der Waals surface area (Å²) in [5, 5.41) is 2.98. The minimum Gasteiger partial charge on any atom is -0.353 e. The molecule has 0 saturated carbocycles. The van der Waals surface area contributed by atoms with Gasteiger partial charge in [0.15, 0.2) is 0 Å². The quantitative estimate of drug-likeness (QED) is 0.704. The van der Waals surface area contributed by atoms with Gasteiger partial charge in [-0.05, 0) is 31.2 Å². The molecule has 0 fully saturated rings. The average molecular weight is 407 g/mol. The minimum atomic E-state index is -0.325. The summed E-state index contributed by atoms with van der Waals surface area (Å²) in [6.07, 6.45) is 3.72. The summed E-state index contributed by atoms with van der Waals surface area (Å²) in [6.45, 7) is 4.88. The lowest BCUT2D eigenvalue weighted by Crippen LogP contribution is -2.49. The van der Waals surface area contributed by atoms with E-state index in [2.05, 4.69) is 24.1 Å². The Bertz CT molecular complexity index is 674. The maximum Gasteiger partial charge on any atom is 0.240 e. The third kappa shape index (κ3) is 6.06. The second kappa shape index (κ2) is 10.9. The molecule has 25 heavy (non-hydrogen) atoms. The molecule has 0 bridgehead atoms. The van der Waals surface area contributed by atoms with Gasteiger partial charge in [-0.1, -0.05) is 26.0 Å². The van der Waals surface area contributed by atoms with Crippen LogP contribution in [0.4, 0.5) is 0 Å². The number of carbonyl (C=O) groups excluding carboxylic acids is 1. The van der Waals surface area contributed by atoms with Gasteiger partial charge in [-0.25, -0.2) is 4.98 Å². The molecule has 0 atom stereocenters. The van der Waals surface area contributed by atoms with Gasteiger partial charge in [0.2, 0.25) is 5.91 Å². The molecule has 0 saturated heterocycles. The zero-order valence-electron chi connectivity index (χ0n) is 14.9. The third-order valence-electron chi connectivity index (χ3n) is 4.35. The van der Waals surface area contributed by atoms with Crippen molar-refractivity contribution in [3.63, 3.8) is 0 Å². The predicted molar refractivity (Wildman–Crippen MR) is 112 cm³/mol. The SMILES string of the molecule is CCC(N)(CC)CNC(=O)Cn1c(CSC)nc2ccccc21.Cl.Cl. The van der Waals surface area contributed by atoms with E-state index in [9.17, 15) is 4.79 Å². The summed E-state index contributed by atoms with van der Waals surface area (Å²) in [7, 11) is 0. The summed E-state index contributed by atoms with van der Waals surface area (Å²) in [4.78, 5) is 17.0. The molecule has 1 heterocycles. The molecule has 8 heteroatoms. The average Bonchev–Trinajstić information content (AvgIpc) is 2.91. The van der Waals surface area contributed by atoms with E-state index in [1.54, 1.807) is 11.8 Å². The van der Waals surface area contributed by atoms with E-state index >= 15 is 0 Å². The first-order chi connectivity index (χ1) is 11.0. The molecule has 0 radical (unpaired) electrons. The second-order valence-electron chi connectivity index (χ2n) is 5.88. The molecule has 0 unspecified atom stereocenters. The predicted octanol–water partition coefficient (Wildman–Crippen LogP) is 3.38. The zero-order chi connectivity index (χ0) is 16.9. The Morgan fingerprint density at radius 2 is 1.92 bits per heavy atom. The number of nitrogens with two attached hydrogens (primary N) is 1. The number of hydrogen-bond donors (Lipinski definition) is 2. The number of benzene rings is 1. The van der Waals surface area contributed by atoms with Gasteiger partial charge >= 0.3 is 0 Å². The first kappa shape index (κ1) is 24.1. The van der Waals surface area contributed by atoms with Gasteiger partial charge in [-0.3, -0.25) is 4.79 Å². The van der Waals surface area contributed by atoms with Gasteiger partial charge in [0.1, 0.15) is 12.4 Å². The second-order valence-corrected chi connectivity index (χ2v) is 6.75. The van der Waals surface area contributed by atoms with Crippen molar-refractivity contribution in [2.75, 3.05) is 12.8 Å². The highest BCUT2D eigenvalue weighted by atomic mass is 35.5. The molecular weight excluding hydrogens is 379 g/mol. The number of thioether (sulfide) groups is 1. The molecule has 0 spiro atoms. The van der Waals surface area contributed by atoms with Crippen LogP contribution in [-0.4, -0.2) is 33.8 Å². The van der Waals surface area contributed by atoms with E-state index in [0.717, 1.165) is 35.5 Å². The van der Waals surface area contributed by atoms with Gasteiger partial charge < -0.3 is 15.6 Å². The number of para-hydroxylation sites is 2. The molecule has 0 aliphatic heterocycles. The number of nitrogens with one attached hydrogen (secondary N) is 1. The van der Waals surface area contributed by atoms with Gasteiger partial charge in [-0.2, -0.15) is 11.8 Å². The number of nitrogens with zero attached hydrogens (tertiary/aromatic N) is 2. The van der Waals surface area contributed by atoms with Crippen molar-refractivity contribution >= 4 is 53.5 Å². The number of amides is 1. The van der Waals surface area contributed by atoms with Crippen LogP contribution in [0.25, 0.3) is 11.0 Å². The molecule has 0 aliphatic rings. The van der Waals surface area contributed by atoms with Crippen molar-refractivity contribution < 1.29 is 4.79 Å². The molecule has 2 rings (SSSR count). The summed E-state index contributed by atoms with van der Waals surface area (Å²) in [5.74, 6) is 1.69. The fraction of sp³-hybridized carbons (Fsp3) is 0.529. The number of aromatic nitrogens is 2. The van der Waals surface area contributed by atoms with Gasteiger partial charge in [0, 0.05) is 12.1 Å². The first-order valence-electron chi connectivity index (χ1n) is 8.01. The van der Waals surface area contributed by atoms with Gasteiger partial charge in [0.05, 0.1) is 16.8 Å². The maximum atomic E-state index is 12.4. The van der Waals surface area contributed by atoms with Crippen LogP contribution in [-0.2, 0) is 17.1 Å². The van der Waals surface area contributed by atoms with Crippen LogP contribution in [0.15, 0.2) is 24.3 Å². The molecule has 0 aliphatic carbocycles. The van der Waals surface area contributed by atoms with Crippen molar-refractivity contribution in [1.29, 1.82) is 0 Å². The van der Waals surface area contributed by atoms with E-state index in [-0.39, 0.29) is 42.8 Å². The Hall–Kier alpha value is -0.950. The van der Waals surface area contributed by atoms with E-state index in [1.807, 2.05) is 35.1 Å². The standard InChI is InChI=1S/C17H26N4OS.2ClH/c1-4-17(18,5-2)12-19-16(22)10-21-14-9-7-6-8-13(14)20-15(21)11-23-3;;/h6-9H,4-5,10-12,18H2,1-3H3,(H,19,22);2*1H. The van der Waals surface area contributed by atoms with Crippen LogP contribution in [0, 0.1) is 0 Å². The number of halogens is 2. The number of fused-ring (bicyclic) bond motifs is 1. The van der Waals surface area contributed by atoms with Gasteiger partial charge in [0.25, 0.3) is 0 Å². The molecule has 3 N–H and O–H groups in total. The third-order valence-corrected chi connectivity index (χ3v) is 4.90. The summed E-state index contributed by atoms with van der Waals surface area (Å²) in [5.41, 5.74) is 7.85. The van der Waals surface area contributed by atoms with E-state index in [1.165, 1.54) is 0 Å². The van der Waals surface area contributed by atoms with E-state index in [4.69, 9.17) is 5.73 Å². The smallest absolute Gasteiger partial charge is 0.240 e. The van der Waals surface area contributed by atoms with Crippen LogP contribution >= 0.6 is 36.6 Å². The lowest BCUT2D eigenvalue weighted by molar-refractivity contribution is -0.121. The molecule has 1 aromatic heterocycles. The van der Waals surface area contributed by atoms with Crippen molar-refractivity contribution in [2.45, 2.75) is 44.5 Å². The van der Waals surface area contributed by atoms with Crippen LogP contribution in [0.2, 0.25) is 0 Å². The summed E-state index contributed by atoms with van der Waals surface area (Å²) >= 11 is 1.70. The molecular formula is C17H28Cl2N4OS. The fourth-order valence-corrected chi connectivity index (χ4v) is 2.99. The number of hydrogen-bond acceptors (Lipinski definition) is 4. The van der Waals surface area contributed by atoms with Crippen LogP contribution in [0.1, 0.15) is 32.5 Å². The largest absolute Gasteiger partial charge is 0.353 e. The highest BCUT2D eigenvalue weighted by Gasteiger charge is 2.21. The number of rotatable bonds is 8. The Morgan fingerprint density at radius 1 is 1.28 bits per heavy atom. The Labute approximate surface area is 166 Å². The number of carbonyl (C=O) groups is 1. The van der Waals surface area contributed by atoms with E-state index < -0.39 is 0 Å². The van der Waals surface area contributed by atoms with Crippen molar-refractivity contribution in [3.05, 3.63) is 30.1 Å². The fourth-order valence-electron chi connectivity index (χ4n) is 2.52. The van der Waals surface area contributed by atoms with Crippen LogP contribution < -0.4 is 11.1 Å². The Kier molecular flexibility index (Phi) is 10.5. The Morgan fingerprint density at radius 3 is 2.52 bits per heavy atom. The maximum absolute atomic E-state index is 12.4. The van der Waals surface area contributed by atoms with Crippen LogP contribution in [0.3, 0.4) is 0 Å². The van der Waals surface area contributed by atoms with Crippen molar-refractivity contribution in [2.24, 2.45) is 5.73 Å². The highest BCUT2D eigenvalue weighted by Crippen LogP contribution is 2.19.